The Morgan fingerprint density at radius 3 is 2.42 bits per heavy atom. The van der Waals surface area contributed by atoms with Gasteiger partial charge in [0.2, 0.25) is 0 Å². The smallest absolute Gasteiger partial charge is 0.349 e. The SMILES string of the molecule is CCN(CC)c1c(C(C)=O)c(=O)oc2ccccc12. The van der Waals surface area contributed by atoms with E-state index in [1.807, 2.05) is 36.9 Å². The van der Waals surface area contributed by atoms with Crippen LogP contribution in [0.1, 0.15) is 31.1 Å². The summed E-state index contributed by atoms with van der Waals surface area (Å²) in [4.78, 5) is 25.8. The van der Waals surface area contributed by atoms with E-state index < -0.39 is 5.63 Å². The third-order valence-corrected chi connectivity index (χ3v) is 3.22. The van der Waals surface area contributed by atoms with Gasteiger partial charge in [-0.3, -0.25) is 4.79 Å². The number of carbonyl (C=O) groups is 1. The van der Waals surface area contributed by atoms with E-state index in [0.29, 0.717) is 11.3 Å². The molecule has 0 aliphatic rings. The third kappa shape index (κ3) is 2.26. The minimum Gasteiger partial charge on any atom is -0.422 e. The molecule has 2 aromatic rings. The van der Waals surface area contributed by atoms with Crippen LogP contribution in [-0.2, 0) is 0 Å². The highest BCUT2D eigenvalue weighted by molar-refractivity contribution is 6.06. The number of rotatable bonds is 4. The zero-order chi connectivity index (χ0) is 14.0. The summed E-state index contributed by atoms with van der Waals surface area (Å²) in [5.41, 5.74) is 0.777. The molecule has 0 radical (unpaired) electrons. The first-order valence-corrected chi connectivity index (χ1v) is 6.41. The average molecular weight is 259 g/mol. The number of carbonyl (C=O) groups excluding carboxylic acids is 1. The highest BCUT2D eigenvalue weighted by Gasteiger charge is 2.21. The summed E-state index contributed by atoms with van der Waals surface area (Å²) in [5, 5.41) is 0.802. The van der Waals surface area contributed by atoms with Gasteiger partial charge in [-0.15, -0.1) is 0 Å². The number of para-hydroxylation sites is 1. The van der Waals surface area contributed by atoms with Crippen molar-refractivity contribution < 1.29 is 9.21 Å². The van der Waals surface area contributed by atoms with Crippen molar-refractivity contribution in [2.75, 3.05) is 18.0 Å². The minimum atomic E-state index is -0.562. The predicted molar refractivity (Wildman–Crippen MR) is 76.0 cm³/mol. The summed E-state index contributed by atoms with van der Waals surface area (Å²) in [6, 6.07) is 7.30. The first-order valence-electron chi connectivity index (χ1n) is 6.41. The molecule has 1 aromatic heterocycles. The Morgan fingerprint density at radius 1 is 1.21 bits per heavy atom. The van der Waals surface area contributed by atoms with Crippen LogP contribution in [0.25, 0.3) is 11.0 Å². The van der Waals surface area contributed by atoms with Gasteiger partial charge in [-0.2, -0.15) is 0 Å². The maximum Gasteiger partial charge on any atom is 0.349 e. The van der Waals surface area contributed by atoms with Crippen LogP contribution < -0.4 is 10.5 Å². The second kappa shape index (κ2) is 5.26. The van der Waals surface area contributed by atoms with Gasteiger partial charge < -0.3 is 9.32 Å². The summed E-state index contributed by atoms with van der Waals surface area (Å²) in [7, 11) is 0. The van der Waals surface area contributed by atoms with Gasteiger partial charge >= 0.3 is 5.63 Å². The van der Waals surface area contributed by atoms with Gasteiger partial charge in [0.25, 0.3) is 0 Å². The Hall–Kier alpha value is -2.10. The lowest BCUT2D eigenvalue weighted by molar-refractivity contribution is 0.101. The number of fused-ring (bicyclic) bond motifs is 1. The van der Waals surface area contributed by atoms with E-state index in [2.05, 4.69) is 0 Å². The van der Waals surface area contributed by atoms with Crippen molar-refractivity contribution in [2.24, 2.45) is 0 Å². The Balaban J connectivity index is 2.92. The highest BCUT2D eigenvalue weighted by atomic mass is 16.4. The van der Waals surface area contributed by atoms with E-state index in [9.17, 15) is 9.59 Å². The standard InChI is InChI=1S/C15H17NO3/c1-4-16(5-2)14-11-8-6-7-9-12(11)19-15(18)13(14)10(3)17/h6-9H,4-5H2,1-3H3. The predicted octanol–water partition coefficient (Wildman–Crippen LogP) is 2.84. The summed E-state index contributed by atoms with van der Waals surface area (Å²) >= 11 is 0. The lowest BCUT2D eigenvalue weighted by Crippen LogP contribution is -2.27. The summed E-state index contributed by atoms with van der Waals surface area (Å²) in [6.45, 7) is 6.84. The molecule has 0 bridgehead atoms. The Morgan fingerprint density at radius 2 is 1.84 bits per heavy atom. The highest BCUT2D eigenvalue weighted by Crippen LogP contribution is 2.28. The molecule has 100 valence electrons. The van der Waals surface area contributed by atoms with Crippen molar-refractivity contribution in [3.63, 3.8) is 0 Å². The van der Waals surface area contributed by atoms with Gasteiger partial charge in [0.1, 0.15) is 11.1 Å². The fourth-order valence-corrected chi connectivity index (χ4v) is 2.31. The zero-order valence-corrected chi connectivity index (χ0v) is 11.4. The van der Waals surface area contributed by atoms with Crippen molar-refractivity contribution in [2.45, 2.75) is 20.8 Å². The van der Waals surface area contributed by atoms with Gasteiger partial charge in [-0.05, 0) is 32.9 Å². The van der Waals surface area contributed by atoms with E-state index in [1.165, 1.54) is 6.92 Å². The molecule has 0 aliphatic carbocycles. The number of nitrogens with zero attached hydrogens (tertiary/aromatic N) is 1. The summed E-state index contributed by atoms with van der Waals surface area (Å²) in [5.74, 6) is -0.263. The van der Waals surface area contributed by atoms with E-state index >= 15 is 0 Å². The molecule has 0 saturated heterocycles. The zero-order valence-electron chi connectivity index (χ0n) is 11.4. The lowest BCUT2D eigenvalue weighted by Gasteiger charge is -2.24. The van der Waals surface area contributed by atoms with Crippen LogP contribution in [0.4, 0.5) is 5.69 Å². The third-order valence-electron chi connectivity index (χ3n) is 3.22. The monoisotopic (exact) mass is 259 g/mol. The first kappa shape index (κ1) is 13.3. The molecule has 0 fully saturated rings. The van der Waals surface area contributed by atoms with Crippen LogP contribution in [0, 0.1) is 0 Å². The van der Waals surface area contributed by atoms with Gasteiger partial charge in [0.15, 0.2) is 5.78 Å². The molecule has 4 nitrogen and oxygen atoms in total. The van der Waals surface area contributed by atoms with Crippen molar-refractivity contribution in [1.29, 1.82) is 0 Å². The van der Waals surface area contributed by atoms with Gasteiger partial charge in [-0.25, -0.2) is 4.79 Å². The van der Waals surface area contributed by atoms with E-state index in [-0.39, 0.29) is 11.3 Å². The van der Waals surface area contributed by atoms with Gasteiger partial charge in [0.05, 0.1) is 5.69 Å². The Bertz CT molecular complexity index is 669. The molecule has 0 saturated carbocycles. The first-order chi connectivity index (χ1) is 9.10. The van der Waals surface area contributed by atoms with Crippen molar-refractivity contribution >= 4 is 22.4 Å². The molecular weight excluding hydrogens is 242 g/mol. The van der Waals surface area contributed by atoms with Crippen LogP contribution in [0.3, 0.4) is 0 Å². The van der Waals surface area contributed by atoms with Crippen LogP contribution in [-0.4, -0.2) is 18.9 Å². The summed E-state index contributed by atoms with van der Waals surface area (Å²) < 4.78 is 5.23. The van der Waals surface area contributed by atoms with E-state index in [0.717, 1.165) is 18.5 Å². The molecular formula is C15H17NO3. The van der Waals surface area contributed by atoms with Gasteiger partial charge in [0, 0.05) is 18.5 Å². The van der Waals surface area contributed by atoms with Crippen molar-refractivity contribution in [3.8, 4) is 0 Å². The molecule has 0 aliphatic heterocycles. The molecule has 1 heterocycles. The molecule has 0 spiro atoms. The number of ketones is 1. The average Bonchev–Trinajstić information content (AvgIpc) is 2.39. The largest absolute Gasteiger partial charge is 0.422 e. The molecule has 4 heteroatoms. The molecule has 2 rings (SSSR count). The quantitative estimate of drug-likeness (QED) is 0.626. The van der Waals surface area contributed by atoms with Crippen molar-refractivity contribution in [1.82, 2.24) is 0 Å². The normalized spacial score (nSPS) is 10.7. The Kier molecular flexibility index (Phi) is 3.69. The molecule has 0 N–H and O–H groups in total. The van der Waals surface area contributed by atoms with Crippen LogP contribution >= 0.6 is 0 Å². The Labute approximate surface area is 111 Å². The maximum absolute atomic E-state index is 12.0. The molecule has 0 unspecified atom stereocenters. The number of Topliss-reactive ketones (excluding diaryl/α,β-unsaturated/α-hetero) is 1. The van der Waals surface area contributed by atoms with E-state index in [4.69, 9.17) is 4.42 Å². The van der Waals surface area contributed by atoms with E-state index in [1.54, 1.807) is 6.07 Å². The van der Waals surface area contributed by atoms with Crippen LogP contribution in [0.15, 0.2) is 33.5 Å². The fourth-order valence-electron chi connectivity index (χ4n) is 2.31. The molecule has 0 amide bonds. The van der Waals surface area contributed by atoms with Crippen LogP contribution in [0.2, 0.25) is 0 Å². The summed E-state index contributed by atoms with van der Waals surface area (Å²) in [6.07, 6.45) is 0. The molecule has 0 atom stereocenters. The minimum absolute atomic E-state index is 0.141. The molecule has 19 heavy (non-hydrogen) atoms. The number of anilines is 1. The number of hydrogen-bond donors (Lipinski definition) is 0. The molecule has 1 aromatic carbocycles. The topological polar surface area (TPSA) is 50.5 Å². The maximum atomic E-state index is 12.0. The second-order valence-corrected chi connectivity index (χ2v) is 4.34. The van der Waals surface area contributed by atoms with Crippen molar-refractivity contribution in [3.05, 3.63) is 40.2 Å². The second-order valence-electron chi connectivity index (χ2n) is 4.34. The lowest BCUT2D eigenvalue weighted by atomic mass is 10.1. The fraction of sp³-hybridized carbons (Fsp3) is 0.333. The number of hydrogen-bond acceptors (Lipinski definition) is 4. The van der Waals surface area contributed by atoms with Gasteiger partial charge in [-0.1, -0.05) is 12.1 Å². The number of benzene rings is 1. The van der Waals surface area contributed by atoms with Crippen LogP contribution in [0.5, 0.6) is 0 Å².